The summed E-state index contributed by atoms with van der Waals surface area (Å²) in [5.41, 5.74) is 2.41. The molecule has 26 heavy (non-hydrogen) atoms. The minimum atomic E-state index is -0.201. The second kappa shape index (κ2) is 8.83. The topological polar surface area (TPSA) is 67.4 Å². The normalized spacial score (nSPS) is 13.3. The number of carbonyl (C=O) groups is 2. The van der Waals surface area contributed by atoms with Gasteiger partial charge in [0.2, 0.25) is 5.91 Å². The molecule has 0 unspecified atom stereocenters. The molecule has 0 atom stereocenters. The maximum Gasteiger partial charge on any atom is 0.251 e. The Morgan fingerprint density at radius 1 is 1.08 bits per heavy atom. The fourth-order valence-corrected chi connectivity index (χ4v) is 2.58. The van der Waals surface area contributed by atoms with E-state index in [9.17, 15) is 9.59 Å². The molecule has 2 amide bonds. The highest BCUT2D eigenvalue weighted by Gasteiger charge is 2.23. The maximum atomic E-state index is 11.9. The number of hydrogen-bond donors (Lipinski definition) is 2. The molecule has 0 aromatic heterocycles. The standard InChI is InChI=1S/C20H21ClN2O3/c21-18-4-2-1-3-16(18)12-26-13-19(24)22-11-14-5-7-15(8-6-14)20(25)23-17-9-10-17/h1-8,17H,9-13H2,(H,22,24)(H,23,25). The van der Waals surface area contributed by atoms with Crippen molar-refractivity contribution in [1.82, 2.24) is 10.6 Å². The summed E-state index contributed by atoms with van der Waals surface area (Å²) in [6.45, 7) is 0.643. The summed E-state index contributed by atoms with van der Waals surface area (Å²) in [7, 11) is 0. The van der Waals surface area contributed by atoms with E-state index in [1.807, 2.05) is 30.3 Å². The van der Waals surface area contributed by atoms with E-state index in [1.54, 1.807) is 18.2 Å². The average Bonchev–Trinajstić information content (AvgIpc) is 3.46. The molecule has 1 aliphatic carbocycles. The average molecular weight is 373 g/mol. The van der Waals surface area contributed by atoms with Crippen molar-refractivity contribution in [1.29, 1.82) is 0 Å². The van der Waals surface area contributed by atoms with Crippen molar-refractivity contribution < 1.29 is 14.3 Å². The van der Waals surface area contributed by atoms with Gasteiger partial charge in [-0.15, -0.1) is 0 Å². The summed E-state index contributed by atoms with van der Waals surface area (Å²) < 4.78 is 5.39. The van der Waals surface area contributed by atoms with Gasteiger partial charge >= 0.3 is 0 Å². The zero-order valence-corrected chi connectivity index (χ0v) is 15.1. The molecule has 0 heterocycles. The van der Waals surface area contributed by atoms with Gasteiger partial charge < -0.3 is 15.4 Å². The van der Waals surface area contributed by atoms with Crippen molar-refractivity contribution in [2.45, 2.75) is 32.0 Å². The number of nitrogens with one attached hydrogen (secondary N) is 2. The van der Waals surface area contributed by atoms with Gasteiger partial charge in [0.25, 0.3) is 5.91 Å². The van der Waals surface area contributed by atoms with Crippen LogP contribution >= 0.6 is 11.6 Å². The van der Waals surface area contributed by atoms with Crippen LogP contribution in [-0.4, -0.2) is 24.5 Å². The predicted octanol–water partition coefficient (Wildman–Crippen LogP) is 3.07. The lowest BCUT2D eigenvalue weighted by molar-refractivity contribution is -0.126. The number of amides is 2. The van der Waals surface area contributed by atoms with E-state index < -0.39 is 0 Å². The Kier molecular flexibility index (Phi) is 6.26. The van der Waals surface area contributed by atoms with Crippen LogP contribution in [-0.2, 0) is 22.7 Å². The molecule has 1 aliphatic rings. The van der Waals surface area contributed by atoms with Gasteiger partial charge in [-0.1, -0.05) is 41.9 Å². The summed E-state index contributed by atoms with van der Waals surface area (Å²) in [6.07, 6.45) is 2.13. The fourth-order valence-electron chi connectivity index (χ4n) is 2.39. The van der Waals surface area contributed by atoms with E-state index in [2.05, 4.69) is 10.6 Å². The second-order valence-electron chi connectivity index (χ2n) is 6.31. The lowest BCUT2D eigenvalue weighted by Crippen LogP contribution is -2.27. The van der Waals surface area contributed by atoms with Crippen molar-refractivity contribution in [2.24, 2.45) is 0 Å². The minimum absolute atomic E-state index is 0.0346. The maximum absolute atomic E-state index is 11.9. The molecule has 6 heteroatoms. The first-order chi connectivity index (χ1) is 12.6. The van der Waals surface area contributed by atoms with Crippen LogP contribution in [0.25, 0.3) is 0 Å². The molecule has 2 N–H and O–H groups in total. The van der Waals surface area contributed by atoms with E-state index in [1.165, 1.54) is 0 Å². The van der Waals surface area contributed by atoms with Gasteiger partial charge in [0.15, 0.2) is 0 Å². The van der Waals surface area contributed by atoms with Gasteiger partial charge in [-0.25, -0.2) is 0 Å². The van der Waals surface area contributed by atoms with Crippen molar-refractivity contribution >= 4 is 23.4 Å². The first-order valence-corrected chi connectivity index (χ1v) is 8.97. The van der Waals surface area contributed by atoms with Crippen LogP contribution in [0.3, 0.4) is 0 Å². The lowest BCUT2D eigenvalue weighted by atomic mass is 10.1. The number of carbonyl (C=O) groups excluding carboxylic acids is 2. The number of hydrogen-bond acceptors (Lipinski definition) is 3. The third kappa shape index (κ3) is 5.58. The van der Waals surface area contributed by atoms with E-state index in [0.717, 1.165) is 24.0 Å². The smallest absolute Gasteiger partial charge is 0.251 e. The van der Waals surface area contributed by atoms with Gasteiger partial charge in [-0.2, -0.15) is 0 Å². The zero-order valence-electron chi connectivity index (χ0n) is 14.3. The number of rotatable bonds is 8. The van der Waals surface area contributed by atoms with Crippen LogP contribution in [0.4, 0.5) is 0 Å². The zero-order chi connectivity index (χ0) is 18.4. The Bertz CT molecular complexity index is 773. The Balaban J connectivity index is 1.38. The largest absolute Gasteiger partial charge is 0.367 e. The first kappa shape index (κ1) is 18.4. The Hall–Kier alpha value is -2.37. The predicted molar refractivity (Wildman–Crippen MR) is 99.9 cm³/mol. The highest BCUT2D eigenvalue weighted by atomic mass is 35.5. The highest BCUT2D eigenvalue weighted by Crippen LogP contribution is 2.19. The molecule has 5 nitrogen and oxygen atoms in total. The van der Waals surface area contributed by atoms with Crippen molar-refractivity contribution in [3.8, 4) is 0 Å². The lowest BCUT2D eigenvalue weighted by Gasteiger charge is -2.08. The van der Waals surface area contributed by atoms with E-state index in [-0.39, 0.29) is 25.0 Å². The molecular weight excluding hydrogens is 352 g/mol. The van der Waals surface area contributed by atoms with Gasteiger partial charge in [-0.3, -0.25) is 9.59 Å². The summed E-state index contributed by atoms with van der Waals surface area (Å²) in [6, 6.07) is 14.9. The quantitative estimate of drug-likeness (QED) is 0.748. The van der Waals surface area contributed by atoms with Gasteiger partial charge in [0.05, 0.1) is 6.61 Å². The summed E-state index contributed by atoms with van der Waals surface area (Å²) in [5.74, 6) is -0.247. The van der Waals surface area contributed by atoms with Crippen LogP contribution in [0.15, 0.2) is 48.5 Å². The minimum Gasteiger partial charge on any atom is -0.367 e. The fraction of sp³-hybridized carbons (Fsp3) is 0.300. The van der Waals surface area contributed by atoms with Gasteiger partial charge in [-0.05, 0) is 42.2 Å². The number of halogens is 1. The molecule has 1 fully saturated rings. The molecule has 0 bridgehead atoms. The summed E-state index contributed by atoms with van der Waals surface area (Å²) >= 11 is 6.04. The van der Waals surface area contributed by atoms with Crippen molar-refractivity contribution in [3.05, 3.63) is 70.2 Å². The van der Waals surface area contributed by atoms with Gasteiger partial charge in [0, 0.05) is 23.2 Å². The molecule has 0 saturated heterocycles. The summed E-state index contributed by atoms with van der Waals surface area (Å²) in [4.78, 5) is 23.8. The monoisotopic (exact) mass is 372 g/mol. The first-order valence-electron chi connectivity index (χ1n) is 8.59. The Labute approximate surface area is 157 Å². The molecule has 0 radical (unpaired) electrons. The van der Waals surface area contributed by atoms with Crippen molar-refractivity contribution in [3.63, 3.8) is 0 Å². The van der Waals surface area contributed by atoms with E-state index in [0.29, 0.717) is 23.2 Å². The SMILES string of the molecule is O=C(COCc1ccccc1Cl)NCc1ccc(C(=O)NC2CC2)cc1. The van der Waals surface area contributed by atoms with Crippen LogP contribution in [0, 0.1) is 0 Å². The van der Waals surface area contributed by atoms with E-state index in [4.69, 9.17) is 16.3 Å². The van der Waals surface area contributed by atoms with Crippen LogP contribution in [0.5, 0.6) is 0 Å². The number of ether oxygens (including phenoxy) is 1. The number of benzene rings is 2. The van der Waals surface area contributed by atoms with Crippen LogP contribution < -0.4 is 10.6 Å². The van der Waals surface area contributed by atoms with Crippen LogP contribution in [0.2, 0.25) is 5.02 Å². The molecule has 0 spiro atoms. The molecule has 136 valence electrons. The van der Waals surface area contributed by atoms with E-state index >= 15 is 0 Å². The highest BCUT2D eigenvalue weighted by molar-refractivity contribution is 6.31. The molecule has 3 rings (SSSR count). The molecule has 2 aromatic rings. The Morgan fingerprint density at radius 3 is 2.50 bits per heavy atom. The van der Waals surface area contributed by atoms with Crippen molar-refractivity contribution in [2.75, 3.05) is 6.61 Å². The third-order valence-electron chi connectivity index (χ3n) is 4.07. The molecule has 1 saturated carbocycles. The Morgan fingerprint density at radius 2 is 1.81 bits per heavy atom. The third-order valence-corrected chi connectivity index (χ3v) is 4.44. The molecule has 0 aliphatic heterocycles. The van der Waals surface area contributed by atoms with Crippen LogP contribution in [0.1, 0.15) is 34.3 Å². The molecule has 2 aromatic carbocycles. The molecular formula is C20H21ClN2O3. The van der Waals surface area contributed by atoms with Gasteiger partial charge in [0.1, 0.15) is 6.61 Å². The summed E-state index contributed by atoms with van der Waals surface area (Å²) in [5, 5.41) is 6.36. The second-order valence-corrected chi connectivity index (χ2v) is 6.71.